The maximum Gasteiger partial charge on any atom is 0.414 e. The molecule has 1 aliphatic heterocycles. The zero-order valence-electron chi connectivity index (χ0n) is 19.5. The minimum absolute atomic E-state index is 0.683. The maximum atomic E-state index is 9.10. The second kappa shape index (κ2) is 12.5. The van der Waals surface area contributed by atoms with Crippen LogP contribution in [0.2, 0.25) is 0 Å². The number of benzene rings is 1. The van der Waals surface area contributed by atoms with Gasteiger partial charge in [-0.2, -0.15) is 0 Å². The van der Waals surface area contributed by atoms with Crippen LogP contribution in [0.5, 0.6) is 17.2 Å². The van der Waals surface area contributed by atoms with Crippen LogP contribution in [0.1, 0.15) is 38.2 Å². The van der Waals surface area contributed by atoms with Gasteiger partial charge >= 0.3 is 11.9 Å². The van der Waals surface area contributed by atoms with E-state index in [1.54, 1.807) is 21.3 Å². The number of hydrogen-bond donors (Lipinski definition) is 2. The highest BCUT2D eigenvalue weighted by molar-refractivity contribution is 6.27. The van der Waals surface area contributed by atoms with Gasteiger partial charge in [-0.3, -0.25) is 9.80 Å². The van der Waals surface area contributed by atoms with Crippen LogP contribution in [0, 0.1) is 5.92 Å². The third-order valence-corrected chi connectivity index (χ3v) is 6.27. The van der Waals surface area contributed by atoms with E-state index in [4.69, 9.17) is 34.0 Å². The lowest BCUT2D eigenvalue weighted by molar-refractivity contribution is -0.159. The molecule has 0 radical (unpaired) electrons. The Morgan fingerprint density at radius 3 is 1.91 bits per heavy atom. The Balaban J connectivity index is 0.000000534. The molecule has 1 aliphatic carbocycles. The number of hydrogen-bond acceptors (Lipinski definition) is 7. The first-order valence-electron chi connectivity index (χ1n) is 11.0. The van der Waals surface area contributed by atoms with Gasteiger partial charge in [0.1, 0.15) is 0 Å². The topological polar surface area (TPSA) is 109 Å². The van der Waals surface area contributed by atoms with Crippen LogP contribution in [0.3, 0.4) is 0 Å². The summed E-state index contributed by atoms with van der Waals surface area (Å²) in [5, 5.41) is 14.8. The van der Waals surface area contributed by atoms with Crippen LogP contribution < -0.4 is 14.2 Å². The molecule has 0 aromatic heterocycles. The summed E-state index contributed by atoms with van der Waals surface area (Å²) >= 11 is 0. The smallest absolute Gasteiger partial charge is 0.414 e. The van der Waals surface area contributed by atoms with E-state index in [1.165, 1.54) is 38.8 Å². The number of carboxylic acid groups (broad SMARTS) is 2. The zero-order valence-corrected chi connectivity index (χ0v) is 19.5. The molecule has 0 amide bonds. The SMILES string of the molecule is COc1ccc(CN2CCN(C3CCC(C)CC3)CC2)c(OC)c1OC.O=C(O)C(=O)O. The summed E-state index contributed by atoms with van der Waals surface area (Å²) in [6.07, 6.45) is 5.55. The number of carbonyl (C=O) groups is 2. The van der Waals surface area contributed by atoms with E-state index in [1.807, 2.05) is 6.07 Å². The second-order valence-corrected chi connectivity index (χ2v) is 8.33. The summed E-state index contributed by atoms with van der Waals surface area (Å²) in [5.41, 5.74) is 1.16. The van der Waals surface area contributed by atoms with Gasteiger partial charge in [-0.15, -0.1) is 0 Å². The molecule has 0 unspecified atom stereocenters. The molecule has 180 valence electrons. The van der Waals surface area contributed by atoms with Gasteiger partial charge < -0.3 is 24.4 Å². The molecule has 1 aromatic carbocycles. The van der Waals surface area contributed by atoms with Crippen molar-refractivity contribution in [3.8, 4) is 17.2 Å². The van der Waals surface area contributed by atoms with Crippen molar-refractivity contribution in [1.29, 1.82) is 0 Å². The Labute approximate surface area is 189 Å². The van der Waals surface area contributed by atoms with Crippen LogP contribution in [-0.4, -0.2) is 85.5 Å². The van der Waals surface area contributed by atoms with Gasteiger partial charge in [-0.1, -0.05) is 13.0 Å². The standard InChI is InChI=1S/C21H34N2O3.C2H2O4/c1-16-5-8-18(9-6-16)23-13-11-22(12-14-23)15-17-7-10-19(24-2)21(26-4)20(17)25-3;3-1(4)2(5)6/h7,10,16,18H,5-6,8-9,11-15H2,1-4H3;(H,3,4)(H,5,6). The fourth-order valence-corrected chi connectivity index (χ4v) is 4.42. The number of nitrogens with zero attached hydrogens (tertiary/aromatic N) is 2. The Morgan fingerprint density at radius 2 is 1.44 bits per heavy atom. The van der Waals surface area contributed by atoms with Crippen molar-refractivity contribution in [2.75, 3.05) is 47.5 Å². The summed E-state index contributed by atoms with van der Waals surface area (Å²) in [6.45, 7) is 7.86. The van der Waals surface area contributed by atoms with Gasteiger partial charge in [0.15, 0.2) is 11.5 Å². The van der Waals surface area contributed by atoms with Crippen LogP contribution in [0.15, 0.2) is 12.1 Å². The molecule has 3 rings (SSSR count). The van der Waals surface area contributed by atoms with Crippen molar-refractivity contribution in [3.05, 3.63) is 17.7 Å². The lowest BCUT2D eigenvalue weighted by Crippen LogP contribution is -2.50. The molecule has 1 saturated heterocycles. The molecular formula is C23H36N2O7. The van der Waals surface area contributed by atoms with Crippen molar-refractivity contribution in [2.45, 2.75) is 45.2 Å². The predicted molar refractivity (Wildman–Crippen MR) is 120 cm³/mol. The second-order valence-electron chi connectivity index (χ2n) is 8.33. The van der Waals surface area contributed by atoms with Crippen molar-refractivity contribution in [2.24, 2.45) is 5.92 Å². The summed E-state index contributed by atoms with van der Waals surface area (Å²) in [6, 6.07) is 4.87. The molecule has 0 bridgehead atoms. The molecule has 1 saturated carbocycles. The summed E-state index contributed by atoms with van der Waals surface area (Å²) in [4.78, 5) is 23.4. The van der Waals surface area contributed by atoms with Gasteiger partial charge in [-0.25, -0.2) is 9.59 Å². The maximum absolute atomic E-state index is 9.10. The molecule has 2 fully saturated rings. The summed E-state index contributed by atoms with van der Waals surface area (Å²) in [5.74, 6) is -0.544. The fourth-order valence-electron chi connectivity index (χ4n) is 4.42. The van der Waals surface area contributed by atoms with Gasteiger partial charge in [0.2, 0.25) is 5.75 Å². The molecule has 32 heavy (non-hydrogen) atoms. The van der Waals surface area contributed by atoms with Gasteiger partial charge in [0.05, 0.1) is 21.3 Å². The van der Waals surface area contributed by atoms with Gasteiger partial charge in [-0.05, 0) is 37.7 Å². The Hall–Kier alpha value is -2.52. The molecule has 9 heteroatoms. The Bertz CT molecular complexity index is 743. The van der Waals surface area contributed by atoms with Crippen LogP contribution >= 0.6 is 0 Å². The lowest BCUT2D eigenvalue weighted by atomic mass is 9.86. The molecular weight excluding hydrogens is 416 g/mol. The largest absolute Gasteiger partial charge is 0.493 e. The van der Waals surface area contributed by atoms with E-state index in [2.05, 4.69) is 22.8 Å². The summed E-state index contributed by atoms with van der Waals surface area (Å²) in [7, 11) is 5.01. The molecule has 2 N–H and O–H groups in total. The highest BCUT2D eigenvalue weighted by Crippen LogP contribution is 2.40. The lowest BCUT2D eigenvalue weighted by Gasteiger charge is -2.41. The van der Waals surface area contributed by atoms with Crippen molar-refractivity contribution < 1.29 is 34.0 Å². The third-order valence-electron chi connectivity index (χ3n) is 6.27. The van der Waals surface area contributed by atoms with E-state index in [9.17, 15) is 0 Å². The number of rotatable bonds is 6. The first-order valence-corrected chi connectivity index (χ1v) is 11.0. The number of piperazine rings is 1. The highest BCUT2D eigenvalue weighted by atomic mass is 16.5. The molecule has 0 atom stereocenters. The van der Waals surface area contributed by atoms with Gasteiger partial charge in [0.25, 0.3) is 0 Å². The van der Waals surface area contributed by atoms with Crippen molar-refractivity contribution in [3.63, 3.8) is 0 Å². The molecule has 1 aromatic rings. The first-order chi connectivity index (χ1) is 15.3. The molecule has 2 aliphatic rings. The predicted octanol–water partition coefficient (Wildman–Crippen LogP) is 2.56. The molecule has 0 spiro atoms. The third kappa shape index (κ3) is 7.00. The van der Waals surface area contributed by atoms with Crippen LogP contribution in [0.4, 0.5) is 0 Å². The van der Waals surface area contributed by atoms with E-state index >= 15 is 0 Å². The Kier molecular flexibility index (Phi) is 10.1. The average Bonchev–Trinajstić information content (AvgIpc) is 2.80. The van der Waals surface area contributed by atoms with E-state index in [-0.39, 0.29) is 0 Å². The monoisotopic (exact) mass is 452 g/mol. The number of carboxylic acids is 2. The van der Waals surface area contributed by atoms with Gasteiger partial charge in [0, 0.05) is 44.3 Å². The van der Waals surface area contributed by atoms with E-state index < -0.39 is 11.9 Å². The van der Waals surface area contributed by atoms with E-state index in [0.29, 0.717) is 11.5 Å². The number of methoxy groups -OCH3 is 3. The minimum Gasteiger partial charge on any atom is -0.493 e. The van der Waals surface area contributed by atoms with Crippen molar-refractivity contribution in [1.82, 2.24) is 9.80 Å². The Morgan fingerprint density at radius 1 is 0.875 bits per heavy atom. The summed E-state index contributed by atoms with van der Waals surface area (Å²) < 4.78 is 16.5. The quantitative estimate of drug-likeness (QED) is 0.630. The number of aliphatic carboxylic acids is 2. The average molecular weight is 453 g/mol. The minimum atomic E-state index is -1.82. The van der Waals surface area contributed by atoms with Crippen LogP contribution in [-0.2, 0) is 16.1 Å². The molecule has 9 nitrogen and oxygen atoms in total. The molecule has 1 heterocycles. The highest BCUT2D eigenvalue weighted by Gasteiger charge is 2.27. The van der Waals surface area contributed by atoms with E-state index in [0.717, 1.165) is 42.9 Å². The van der Waals surface area contributed by atoms with Crippen LogP contribution in [0.25, 0.3) is 0 Å². The number of ether oxygens (including phenoxy) is 3. The normalized spacial score (nSPS) is 21.8. The van der Waals surface area contributed by atoms with Crippen molar-refractivity contribution >= 4 is 11.9 Å². The first kappa shape index (κ1) is 25.7. The fraction of sp³-hybridized carbons (Fsp3) is 0.652. The zero-order chi connectivity index (χ0) is 23.7.